The zero-order chi connectivity index (χ0) is 25.0. The molecule has 3 aromatic rings. The number of halogens is 1. The zero-order valence-corrected chi connectivity index (χ0v) is 20.7. The third kappa shape index (κ3) is 4.68. The summed E-state index contributed by atoms with van der Waals surface area (Å²) in [6, 6.07) is 12.7. The average Bonchev–Trinajstić information content (AvgIpc) is 3.51. The fourth-order valence-corrected chi connectivity index (χ4v) is 5.36. The number of carboxylic acids is 1. The number of hydrogen-bond donors (Lipinski definition) is 3. The van der Waals surface area contributed by atoms with E-state index in [0.717, 1.165) is 20.7 Å². The summed E-state index contributed by atoms with van der Waals surface area (Å²) < 4.78 is 2.28. The van der Waals surface area contributed by atoms with Gasteiger partial charge in [-0.1, -0.05) is 35.5 Å². The van der Waals surface area contributed by atoms with E-state index in [2.05, 4.69) is 29.5 Å². The number of anilines is 3. The molecule has 182 valence electrons. The van der Waals surface area contributed by atoms with Crippen LogP contribution in [-0.4, -0.2) is 30.1 Å². The topological polar surface area (TPSA) is 118 Å². The summed E-state index contributed by atoms with van der Waals surface area (Å²) >= 11 is 7.68. The van der Waals surface area contributed by atoms with Gasteiger partial charge in [0.1, 0.15) is 0 Å². The third-order valence-corrected chi connectivity index (χ3v) is 7.63. The van der Waals surface area contributed by atoms with Crippen LogP contribution in [0.3, 0.4) is 0 Å². The smallest absolute Gasteiger partial charge is 0.354 e. The van der Waals surface area contributed by atoms with Crippen molar-refractivity contribution in [2.75, 3.05) is 10.6 Å². The quantitative estimate of drug-likeness (QED) is 0.434. The van der Waals surface area contributed by atoms with Crippen LogP contribution in [0.2, 0.25) is 5.02 Å². The molecule has 9 nitrogen and oxygen atoms in total. The van der Waals surface area contributed by atoms with Crippen LogP contribution in [0.15, 0.2) is 56.9 Å². The van der Waals surface area contributed by atoms with E-state index >= 15 is 0 Å². The second kappa shape index (κ2) is 8.46. The highest BCUT2D eigenvalue weighted by Crippen LogP contribution is 2.47. The summed E-state index contributed by atoms with van der Waals surface area (Å²) in [6.45, 7) is 4.09. The van der Waals surface area contributed by atoms with Crippen molar-refractivity contribution < 1.29 is 9.90 Å². The van der Waals surface area contributed by atoms with Gasteiger partial charge in [-0.05, 0) is 62.6 Å². The molecular weight excluding hydrogens is 490 g/mol. The van der Waals surface area contributed by atoms with E-state index in [1.165, 1.54) is 4.57 Å². The molecule has 0 unspecified atom stereocenters. The van der Waals surface area contributed by atoms with Crippen LogP contribution in [0.4, 0.5) is 17.3 Å². The molecule has 2 heterocycles. The van der Waals surface area contributed by atoms with Crippen LogP contribution < -0.4 is 22.0 Å². The number of nitrogens with one attached hydrogen (secondary N) is 2. The highest BCUT2D eigenvalue weighted by Gasteiger charge is 2.51. The fraction of sp³-hybridized carbons (Fsp3) is 0.333. The Kier molecular flexibility index (Phi) is 5.68. The number of aliphatic carboxylic acids is 1. The minimum Gasteiger partial charge on any atom is -0.481 e. The van der Waals surface area contributed by atoms with Gasteiger partial charge in [-0.2, -0.15) is 4.98 Å². The van der Waals surface area contributed by atoms with Gasteiger partial charge in [0.25, 0.3) is 0 Å². The van der Waals surface area contributed by atoms with Crippen molar-refractivity contribution in [3.05, 3.63) is 74.0 Å². The molecule has 0 bridgehead atoms. The number of aromatic nitrogens is 3. The maximum atomic E-state index is 13.5. The van der Waals surface area contributed by atoms with Crippen molar-refractivity contribution in [2.24, 2.45) is 5.41 Å². The lowest BCUT2D eigenvalue weighted by atomic mass is 10.1. The summed E-state index contributed by atoms with van der Waals surface area (Å²) in [5.41, 5.74) is -0.0236. The van der Waals surface area contributed by atoms with Crippen molar-refractivity contribution in [3.63, 3.8) is 0 Å². The molecule has 0 amide bonds. The van der Waals surface area contributed by atoms with Gasteiger partial charge in [0, 0.05) is 27.8 Å². The van der Waals surface area contributed by atoms with Crippen molar-refractivity contribution in [3.8, 4) is 0 Å². The maximum absolute atomic E-state index is 13.5. The van der Waals surface area contributed by atoms with Crippen LogP contribution in [0, 0.1) is 5.41 Å². The highest BCUT2D eigenvalue weighted by molar-refractivity contribution is 8.01. The highest BCUT2D eigenvalue weighted by atomic mass is 35.5. The van der Waals surface area contributed by atoms with Crippen LogP contribution in [0.5, 0.6) is 0 Å². The minimum atomic E-state index is -1.09. The van der Waals surface area contributed by atoms with Crippen molar-refractivity contribution in [2.45, 2.75) is 49.5 Å². The first kappa shape index (κ1) is 23.5. The molecule has 2 aliphatic rings. The predicted octanol–water partition coefficient (Wildman–Crippen LogP) is 3.97. The van der Waals surface area contributed by atoms with E-state index in [9.17, 15) is 19.5 Å². The molecule has 2 aromatic carbocycles. The molecule has 1 aliphatic carbocycles. The number of rotatable bonds is 7. The van der Waals surface area contributed by atoms with Gasteiger partial charge in [-0.25, -0.2) is 14.2 Å². The van der Waals surface area contributed by atoms with Crippen molar-refractivity contribution in [1.82, 2.24) is 14.1 Å². The Labute approximate surface area is 210 Å². The van der Waals surface area contributed by atoms with E-state index < -0.39 is 22.8 Å². The van der Waals surface area contributed by atoms with Crippen molar-refractivity contribution >= 4 is 46.7 Å². The molecule has 1 aromatic heterocycles. The Bertz CT molecular complexity index is 1440. The number of nitrogens with zero attached hydrogens (tertiary/aromatic N) is 3. The summed E-state index contributed by atoms with van der Waals surface area (Å²) in [6.07, 6.45) is 0.838. The summed E-state index contributed by atoms with van der Waals surface area (Å²) in [5.74, 6) is -0.927. The average molecular weight is 514 g/mol. The molecule has 0 spiro atoms. The molecule has 35 heavy (non-hydrogen) atoms. The molecule has 0 saturated heterocycles. The van der Waals surface area contributed by atoms with Crippen LogP contribution in [0.1, 0.15) is 32.3 Å². The van der Waals surface area contributed by atoms with Crippen molar-refractivity contribution in [1.29, 1.82) is 0 Å². The summed E-state index contributed by atoms with van der Waals surface area (Å²) in [7, 11) is 0. The summed E-state index contributed by atoms with van der Waals surface area (Å²) in [5, 5.41) is 16.7. The Morgan fingerprint density at radius 1 is 1.17 bits per heavy atom. The van der Waals surface area contributed by atoms with Gasteiger partial charge in [-0.3, -0.25) is 9.36 Å². The number of carbonyl (C=O) groups is 1. The maximum Gasteiger partial charge on any atom is 0.354 e. The van der Waals surface area contributed by atoms with E-state index in [1.54, 1.807) is 36.0 Å². The van der Waals surface area contributed by atoms with Gasteiger partial charge < -0.3 is 15.7 Å². The van der Waals surface area contributed by atoms with Crippen LogP contribution in [0.25, 0.3) is 0 Å². The molecule has 0 atom stereocenters. The van der Waals surface area contributed by atoms with Gasteiger partial charge >= 0.3 is 17.3 Å². The Balaban J connectivity index is 1.55. The lowest BCUT2D eigenvalue weighted by molar-refractivity contribution is -0.143. The Hall–Kier alpha value is -3.24. The van der Waals surface area contributed by atoms with E-state index in [1.807, 2.05) is 18.2 Å². The number of benzene rings is 2. The van der Waals surface area contributed by atoms with Gasteiger partial charge in [0.05, 0.1) is 16.8 Å². The first-order chi connectivity index (χ1) is 16.6. The van der Waals surface area contributed by atoms with Gasteiger partial charge in [0.15, 0.2) is 0 Å². The molecule has 1 fully saturated rings. The molecule has 3 N–H and O–H groups in total. The lowest BCUT2D eigenvalue weighted by Gasteiger charge is -2.17. The first-order valence-corrected chi connectivity index (χ1v) is 12.3. The molecular formula is C24H24ClN5O4S. The van der Waals surface area contributed by atoms with E-state index in [-0.39, 0.29) is 23.9 Å². The van der Waals surface area contributed by atoms with E-state index in [0.29, 0.717) is 23.6 Å². The minimum absolute atomic E-state index is 0.0848. The van der Waals surface area contributed by atoms with Crippen LogP contribution in [-0.2, 0) is 17.9 Å². The largest absolute Gasteiger partial charge is 0.481 e. The zero-order valence-electron chi connectivity index (χ0n) is 19.2. The predicted molar refractivity (Wildman–Crippen MR) is 136 cm³/mol. The molecule has 0 radical (unpaired) electrons. The SMILES string of the molecule is CC1(C)Nc2ccc(Nc3nc(=O)n(CC4(C(=O)O)CC4)c(=O)n3Cc3ccc(Cl)cc3)cc2S1. The number of thioether (sulfide) groups is 1. The fourth-order valence-electron chi connectivity index (χ4n) is 4.11. The number of hydrogen-bond acceptors (Lipinski definition) is 7. The van der Waals surface area contributed by atoms with E-state index in [4.69, 9.17) is 11.6 Å². The summed E-state index contributed by atoms with van der Waals surface area (Å²) in [4.78, 5) is 43.1. The lowest BCUT2D eigenvalue weighted by Crippen LogP contribution is -2.45. The molecule has 5 rings (SSSR count). The third-order valence-electron chi connectivity index (χ3n) is 6.21. The Morgan fingerprint density at radius 3 is 2.54 bits per heavy atom. The molecule has 1 aliphatic heterocycles. The standard InChI is InChI=1S/C24H24ClN5O4S/c1-23(2)28-17-8-7-16(11-18(17)35-23)26-20-27-21(33)30(13-24(9-10-24)19(31)32)22(34)29(20)12-14-3-5-15(25)6-4-14/h3-8,11,28H,9-10,12-13H2,1-2H3,(H,31,32)(H,26,27,33). The second-order valence-electron chi connectivity index (χ2n) is 9.46. The first-order valence-electron chi connectivity index (χ1n) is 11.1. The van der Waals surface area contributed by atoms with Crippen LogP contribution >= 0.6 is 23.4 Å². The monoisotopic (exact) mass is 513 g/mol. The molecule has 11 heteroatoms. The Morgan fingerprint density at radius 2 is 1.89 bits per heavy atom. The number of fused-ring (bicyclic) bond motifs is 1. The number of carboxylic acid groups (broad SMARTS) is 1. The second-order valence-corrected chi connectivity index (χ2v) is 11.6. The van der Waals surface area contributed by atoms with Gasteiger partial charge in [0.2, 0.25) is 5.95 Å². The molecule has 1 saturated carbocycles. The normalized spacial score (nSPS) is 16.9. The van der Waals surface area contributed by atoms with Gasteiger partial charge in [-0.15, -0.1) is 0 Å².